The number of nitrogens with zero attached hydrogens (tertiary/aromatic N) is 1. The van der Waals surface area contributed by atoms with E-state index in [4.69, 9.17) is 10.5 Å². The summed E-state index contributed by atoms with van der Waals surface area (Å²) in [6, 6.07) is 4.30. The van der Waals surface area contributed by atoms with Gasteiger partial charge in [0.2, 0.25) is 0 Å². The van der Waals surface area contributed by atoms with E-state index in [1.165, 1.54) is 5.56 Å². The van der Waals surface area contributed by atoms with E-state index in [0.29, 0.717) is 11.9 Å². The Labute approximate surface area is 109 Å². The van der Waals surface area contributed by atoms with E-state index in [9.17, 15) is 0 Å². The van der Waals surface area contributed by atoms with Crippen LogP contribution in [0.5, 0.6) is 0 Å². The Hall–Kier alpha value is -1.13. The predicted octanol–water partition coefficient (Wildman–Crippen LogP) is 1.75. The van der Waals surface area contributed by atoms with Crippen molar-refractivity contribution in [3.63, 3.8) is 0 Å². The summed E-state index contributed by atoms with van der Waals surface area (Å²) < 4.78 is 5.95. The Balaban J connectivity index is 2.10. The lowest BCUT2D eigenvalue weighted by molar-refractivity contribution is -0.0110. The quantitative estimate of drug-likeness (QED) is 0.834. The first-order valence-electron chi connectivity index (χ1n) is 6.72. The second-order valence-electron chi connectivity index (χ2n) is 5.17. The second-order valence-corrected chi connectivity index (χ2v) is 5.17. The first kappa shape index (κ1) is 13.3. The summed E-state index contributed by atoms with van der Waals surface area (Å²) in [6.07, 6.45) is 4.96. The van der Waals surface area contributed by atoms with Gasteiger partial charge in [0, 0.05) is 18.8 Å². The SMILES string of the molecule is CCNC(Cc1ccnc(N)c1)C1(C)CCCO1. The fourth-order valence-electron chi connectivity index (χ4n) is 2.68. The maximum absolute atomic E-state index is 5.95. The van der Waals surface area contributed by atoms with E-state index in [2.05, 4.69) is 24.1 Å². The highest BCUT2D eigenvalue weighted by atomic mass is 16.5. The van der Waals surface area contributed by atoms with E-state index in [-0.39, 0.29) is 5.60 Å². The molecule has 0 spiro atoms. The molecule has 2 rings (SSSR count). The van der Waals surface area contributed by atoms with Gasteiger partial charge in [-0.2, -0.15) is 0 Å². The summed E-state index contributed by atoms with van der Waals surface area (Å²) in [5.74, 6) is 0.584. The average Bonchev–Trinajstić information content (AvgIpc) is 2.77. The van der Waals surface area contributed by atoms with Crippen LogP contribution in [0.1, 0.15) is 32.3 Å². The number of nitrogens with one attached hydrogen (secondary N) is 1. The summed E-state index contributed by atoms with van der Waals surface area (Å²) in [5, 5.41) is 3.55. The van der Waals surface area contributed by atoms with E-state index in [1.807, 2.05) is 12.1 Å². The van der Waals surface area contributed by atoms with Gasteiger partial charge in [-0.05, 0) is 50.4 Å². The minimum atomic E-state index is -0.0615. The lowest BCUT2D eigenvalue weighted by Gasteiger charge is -2.34. The van der Waals surface area contributed by atoms with Crippen molar-refractivity contribution >= 4 is 5.82 Å². The van der Waals surface area contributed by atoms with Gasteiger partial charge in [0.1, 0.15) is 5.82 Å². The Morgan fingerprint density at radius 3 is 3.06 bits per heavy atom. The molecule has 4 nitrogen and oxygen atoms in total. The Morgan fingerprint density at radius 2 is 2.44 bits per heavy atom. The number of likely N-dealkylation sites (N-methyl/N-ethyl adjacent to an activating group) is 1. The number of nitrogen functional groups attached to an aromatic ring is 1. The fraction of sp³-hybridized carbons (Fsp3) is 0.643. The van der Waals surface area contributed by atoms with Gasteiger partial charge in [-0.1, -0.05) is 6.92 Å². The third-order valence-corrected chi connectivity index (χ3v) is 3.72. The molecule has 2 atom stereocenters. The molecule has 0 bridgehead atoms. The molecule has 1 aromatic rings. The van der Waals surface area contributed by atoms with Gasteiger partial charge >= 0.3 is 0 Å². The van der Waals surface area contributed by atoms with Crippen LogP contribution in [0.25, 0.3) is 0 Å². The zero-order valence-corrected chi connectivity index (χ0v) is 11.3. The molecule has 1 aliphatic rings. The first-order valence-corrected chi connectivity index (χ1v) is 6.72. The van der Waals surface area contributed by atoms with Crippen molar-refractivity contribution in [2.75, 3.05) is 18.9 Å². The van der Waals surface area contributed by atoms with Gasteiger partial charge < -0.3 is 15.8 Å². The van der Waals surface area contributed by atoms with Crippen LogP contribution in [0, 0.1) is 0 Å². The molecule has 0 aliphatic carbocycles. The minimum absolute atomic E-state index is 0.0615. The van der Waals surface area contributed by atoms with Gasteiger partial charge in [0.25, 0.3) is 0 Å². The van der Waals surface area contributed by atoms with E-state index in [0.717, 1.165) is 32.4 Å². The highest BCUT2D eigenvalue weighted by Crippen LogP contribution is 2.30. The second kappa shape index (κ2) is 5.67. The molecule has 0 amide bonds. The van der Waals surface area contributed by atoms with E-state index in [1.54, 1.807) is 6.20 Å². The zero-order valence-electron chi connectivity index (χ0n) is 11.3. The van der Waals surface area contributed by atoms with Gasteiger partial charge in [-0.25, -0.2) is 4.98 Å². The summed E-state index contributed by atoms with van der Waals surface area (Å²) in [6.45, 7) is 6.16. The summed E-state index contributed by atoms with van der Waals surface area (Å²) >= 11 is 0. The van der Waals surface area contributed by atoms with Crippen molar-refractivity contribution in [2.45, 2.75) is 44.8 Å². The van der Waals surface area contributed by atoms with Gasteiger partial charge in [0.05, 0.1) is 5.60 Å². The number of hydrogen-bond donors (Lipinski definition) is 2. The molecule has 2 unspecified atom stereocenters. The third kappa shape index (κ3) is 3.00. The Kier molecular flexibility index (Phi) is 4.19. The van der Waals surface area contributed by atoms with E-state index < -0.39 is 0 Å². The lowest BCUT2D eigenvalue weighted by Crippen LogP contribution is -2.49. The van der Waals surface area contributed by atoms with Crippen LogP contribution in [0.15, 0.2) is 18.3 Å². The maximum atomic E-state index is 5.95. The smallest absolute Gasteiger partial charge is 0.123 e. The van der Waals surface area contributed by atoms with E-state index >= 15 is 0 Å². The lowest BCUT2D eigenvalue weighted by atomic mass is 9.88. The molecule has 1 fully saturated rings. The molecule has 0 radical (unpaired) electrons. The molecule has 3 N–H and O–H groups in total. The van der Waals surface area contributed by atoms with Crippen LogP contribution < -0.4 is 11.1 Å². The predicted molar refractivity (Wildman–Crippen MR) is 73.4 cm³/mol. The number of nitrogens with two attached hydrogens (primary N) is 1. The minimum Gasteiger partial charge on any atom is -0.384 e. The Bertz CT molecular complexity index is 388. The van der Waals surface area contributed by atoms with Crippen molar-refractivity contribution in [3.05, 3.63) is 23.9 Å². The fourth-order valence-corrected chi connectivity index (χ4v) is 2.68. The first-order chi connectivity index (χ1) is 8.64. The average molecular weight is 249 g/mol. The molecule has 0 saturated carbocycles. The molecule has 18 heavy (non-hydrogen) atoms. The van der Waals surface area contributed by atoms with Crippen LogP contribution in [0.4, 0.5) is 5.82 Å². The number of rotatable bonds is 5. The number of ether oxygens (including phenoxy) is 1. The molecule has 2 heterocycles. The van der Waals surface area contributed by atoms with Crippen LogP contribution in [-0.2, 0) is 11.2 Å². The summed E-state index contributed by atoms with van der Waals surface area (Å²) in [4.78, 5) is 4.03. The molecule has 1 aliphatic heterocycles. The highest BCUT2D eigenvalue weighted by molar-refractivity contribution is 5.32. The number of anilines is 1. The van der Waals surface area contributed by atoms with Crippen LogP contribution in [0.3, 0.4) is 0 Å². The van der Waals surface area contributed by atoms with Crippen molar-refractivity contribution in [2.24, 2.45) is 0 Å². The molecule has 100 valence electrons. The molecular weight excluding hydrogens is 226 g/mol. The number of pyridine rings is 1. The van der Waals surface area contributed by atoms with Crippen LogP contribution in [-0.4, -0.2) is 29.8 Å². The number of aromatic nitrogens is 1. The highest BCUT2D eigenvalue weighted by Gasteiger charge is 2.37. The molecule has 1 saturated heterocycles. The van der Waals surface area contributed by atoms with Crippen LogP contribution >= 0.6 is 0 Å². The summed E-state index contributed by atoms with van der Waals surface area (Å²) in [7, 11) is 0. The molecular formula is C14H23N3O. The molecule has 0 aromatic carbocycles. The third-order valence-electron chi connectivity index (χ3n) is 3.72. The Morgan fingerprint density at radius 1 is 1.61 bits per heavy atom. The monoisotopic (exact) mass is 249 g/mol. The maximum Gasteiger partial charge on any atom is 0.123 e. The van der Waals surface area contributed by atoms with Crippen LogP contribution in [0.2, 0.25) is 0 Å². The molecule has 4 heteroatoms. The van der Waals surface area contributed by atoms with Crippen molar-refractivity contribution in [1.82, 2.24) is 10.3 Å². The van der Waals surface area contributed by atoms with Crippen molar-refractivity contribution in [3.8, 4) is 0 Å². The standard InChI is InChI=1S/C14H23N3O/c1-3-16-12(14(2)6-4-8-18-14)9-11-5-7-17-13(15)10-11/h5,7,10,12,16H,3-4,6,8-9H2,1-2H3,(H2,15,17). The van der Waals surface area contributed by atoms with Gasteiger partial charge in [-0.3, -0.25) is 0 Å². The summed E-state index contributed by atoms with van der Waals surface area (Å²) in [5.41, 5.74) is 6.88. The normalized spacial score (nSPS) is 25.2. The zero-order chi connectivity index (χ0) is 13.0. The topological polar surface area (TPSA) is 60.2 Å². The van der Waals surface area contributed by atoms with Gasteiger partial charge in [-0.15, -0.1) is 0 Å². The van der Waals surface area contributed by atoms with Crippen molar-refractivity contribution in [1.29, 1.82) is 0 Å². The largest absolute Gasteiger partial charge is 0.384 e. The number of hydrogen-bond acceptors (Lipinski definition) is 4. The molecule has 1 aromatic heterocycles. The van der Waals surface area contributed by atoms with Crippen molar-refractivity contribution < 1.29 is 4.74 Å². The van der Waals surface area contributed by atoms with Gasteiger partial charge in [0.15, 0.2) is 0 Å².